The van der Waals surface area contributed by atoms with Crippen molar-refractivity contribution in [1.82, 2.24) is 0 Å². The minimum Gasteiger partial charge on any atom is -0.462 e. The topological polar surface area (TPSA) is 78.9 Å². The molecule has 0 aliphatic heterocycles. The summed E-state index contributed by atoms with van der Waals surface area (Å²) in [5, 5.41) is 0. The maximum atomic E-state index is 12.9. The van der Waals surface area contributed by atoms with Crippen molar-refractivity contribution < 1.29 is 28.6 Å². The Bertz CT molecular complexity index is 1710. The standard InChI is InChI=1S/C72H116O6/c1-4-7-10-13-16-19-22-25-27-29-31-32-33-34-35-36-37-38-39-40-41-43-44-47-50-53-56-59-62-65-71(74)77-68-69(67-76-70(73)64-61-58-55-52-49-46-24-21-18-15-12-9-6-3)78-72(75)66-63-60-57-54-51-48-45-42-30-28-26-23-20-17-14-11-8-5-2/h7,9-10,12,16,18-19,21,25,27-28,30-32,34-35,37-38,40-41,44,46-47,49,69H,4-6,8,11,13-15,17,20,22-24,26,29,33,36,39,42-43,45,48,50-68H2,1-3H3/b10-7-,12-9-,19-16-,21-18-,27-25-,30-28-,32-31-,35-34-,38-37-,41-40-,47-44-,49-46-. The largest absolute Gasteiger partial charge is 0.462 e. The molecule has 0 amide bonds. The highest BCUT2D eigenvalue weighted by atomic mass is 16.6. The third-order valence-corrected chi connectivity index (χ3v) is 13.1. The van der Waals surface area contributed by atoms with Gasteiger partial charge in [-0.1, -0.05) is 256 Å². The number of rotatable bonds is 56. The summed E-state index contributed by atoms with van der Waals surface area (Å²) in [6.07, 6.45) is 92.8. The number of hydrogen-bond acceptors (Lipinski definition) is 6. The summed E-state index contributed by atoms with van der Waals surface area (Å²) in [4.78, 5) is 38.3. The lowest BCUT2D eigenvalue weighted by atomic mass is 10.1. The van der Waals surface area contributed by atoms with Gasteiger partial charge in [-0.3, -0.25) is 14.4 Å². The first kappa shape index (κ1) is 73.3. The number of carbonyl (C=O) groups is 3. The third kappa shape index (κ3) is 62.1. The van der Waals surface area contributed by atoms with Crippen LogP contribution in [0.3, 0.4) is 0 Å². The van der Waals surface area contributed by atoms with Crippen molar-refractivity contribution in [3.8, 4) is 0 Å². The first-order valence-electron chi connectivity index (χ1n) is 31.8. The van der Waals surface area contributed by atoms with E-state index < -0.39 is 6.10 Å². The zero-order valence-electron chi connectivity index (χ0n) is 50.4. The monoisotopic (exact) mass is 1080 g/mol. The molecule has 0 aliphatic carbocycles. The van der Waals surface area contributed by atoms with E-state index in [0.29, 0.717) is 19.3 Å². The second-order valence-corrected chi connectivity index (χ2v) is 20.5. The highest BCUT2D eigenvalue weighted by molar-refractivity contribution is 5.71. The quantitative estimate of drug-likeness (QED) is 0.0261. The lowest BCUT2D eigenvalue weighted by Crippen LogP contribution is -2.30. The van der Waals surface area contributed by atoms with Crippen LogP contribution in [0.1, 0.15) is 271 Å². The van der Waals surface area contributed by atoms with Gasteiger partial charge in [-0.05, 0) is 141 Å². The fraction of sp³-hybridized carbons (Fsp3) is 0.625. The van der Waals surface area contributed by atoms with Crippen LogP contribution >= 0.6 is 0 Å². The van der Waals surface area contributed by atoms with Crippen molar-refractivity contribution in [2.75, 3.05) is 13.2 Å². The van der Waals surface area contributed by atoms with Crippen molar-refractivity contribution in [1.29, 1.82) is 0 Å². The minimum atomic E-state index is -0.810. The van der Waals surface area contributed by atoms with Gasteiger partial charge in [0.15, 0.2) is 6.10 Å². The van der Waals surface area contributed by atoms with Gasteiger partial charge in [0.25, 0.3) is 0 Å². The SMILES string of the molecule is CC/C=C\C/C=C\C/C=C\C/C=C\C/C=C\C/C=C\C/C=C\C/C=C\CCCCCCC(=O)OCC(COC(=O)CCCCC/C=C\C/C=C\C/C=C\CC)OC(=O)CCCCCCCCC/C=C\CCCCCCCCC. The van der Waals surface area contributed by atoms with E-state index >= 15 is 0 Å². The molecule has 0 saturated carbocycles. The average molecular weight is 1080 g/mol. The van der Waals surface area contributed by atoms with Gasteiger partial charge in [-0.2, -0.15) is 0 Å². The van der Waals surface area contributed by atoms with Crippen LogP contribution in [0.4, 0.5) is 0 Å². The van der Waals surface area contributed by atoms with Crippen molar-refractivity contribution in [3.05, 3.63) is 146 Å². The Hall–Kier alpha value is -4.71. The predicted octanol–water partition coefficient (Wildman–Crippen LogP) is 21.9. The minimum absolute atomic E-state index is 0.107. The summed E-state index contributed by atoms with van der Waals surface area (Å²) in [7, 11) is 0. The Morgan fingerprint density at radius 1 is 0.269 bits per heavy atom. The van der Waals surface area contributed by atoms with Gasteiger partial charge in [0, 0.05) is 19.3 Å². The summed E-state index contributed by atoms with van der Waals surface area (Å²) in [5.41, 5.74) is 0. The molecule has 0 heterocycles. The molecule has 1 unspecified atom stereocenters. The Balaban J connectivity index is 4.42. The van der Waals surface area contributed by atoms with Gasteiger partial charge in [0.2, 0.25) is 0 Å². The third-order valence-electron chi connectivity index (χ3n) is 13.1. The molecule has 78 heavy (non-hydrogen) atoms. The molecule has 1 atom stereocenters. The maximum absolute atomic E-state index is 12.9. The first-order chi connectivity index (χ1) is 38.5. The molecule has 6 heteroatoms. The fourth-order valence-electron chi connectivity index (χ4n) is 8.35. The van der Waals surface area contributed by atoms with Gasteiger partial charge < -0.3 is 14.2 Å². The number of ether oxygens (including phenoxy) is 3. The summed E-state index contributed by atoms with van der Waals surface area (Å²) in [6, 6.07) is 0. The zero-order chi connectivity index (χ0) is 56.4. The lowest BCUT2D eigenvalue weighted by Gasteiger charge is -2.18. The molecule has 0 N–H and O–H groups in total. The molecular formula is C72H116O6. The number of hydrogen-bond donors (Lipinski definition) is 0. The van der Waals surface area contributed by atoms with Gasteiger partial charge in [-0.25, -0.2) is 0 Å². The molecule has 0 radical (unpaired) electrons. The van der Waals surface area contributed by atoms with Crippen LogP contribution in [0.15, 0.2) is 146 Å². The predicted molar refractivity (Wildman–Crippen MR) is 339 cm³/mol. The van der Waals surface area contributed by atoms with E-state index in [9.17, 15) is 14.4 Å². The highest BCUT2D eigenvalue weighted by Crippen LogP contribution is 2.14. The van der Waals surface area contributed by atoms with Crippen LogP contribution < -0.4 is 0 Å². The molecular weight excluding hydrogens is 961 g/mol. The normalized spacial score (nSPS) is 13.1. The molecule has 0 spiro atoms. The van der Waals surface area contributed by atoms with Crippen LogP contribution in [-0.2, 0) is 28.6 Å². The van der Waals surface area contributed by atoms with Crippen molar-refractivity contribution in [3.63, 3.8) is 0 Å². The molecule has 0 saturated heterocycles. The van der Waals surface area contributed by atoms with E-state index in [4.69, 9.17) is 14.2 Å². The highest BCUT2D eigenvalue weighted by Gasteiger charge is 2.19. The molecule has 440 valence electrons. The Morgan fingerprint density at radius 2 is 0.500 bits per heavy atom. The molecule has 0 aromatic carbocycles. The summed E-state index contributed by atoms with van der Waals surface area (Å²) in [6.45, 7) is 6.36. The molecule has 6 nitrogen and oxygen atoms in total. The van der Waals surface area contributed by atoms with E-state index in [1.54, 1.807) is 0 Å². The average Bonchev–Trinajstić information content (AvgIpc) is 3.44. The van der Waals surface area contributed by atoms with Crippen LogP contribution in [-0.4, -0.2) is 37.2 Å². The molecule has 0 bridgehead atoms. The van der Waals surface area contributed by atoms with Crippen LogP contribution in [0.2, 0.25) is 0 Å². The van der Waals surface area contributed by atoms with E-state index in [1.165, 1.54) is 83.5 Å². The number of unbranched alkanes of at least 4 members (excludes halogenated alkanes) is 21. The zero-order valence-corrected chi connectivity index (χ0v) is 50.4. The molecule has 0 aromatic heterocycles. The maximum Gasteiger partial charge on any atom is 0.306 e. The molecule has 0 fully saturated rings. The number of carbonyl (C=O) groups excluding carboxylic acids is 3. The van der Waals surface area contributed by atoms with Crippen molar-refractivity contribution in [2.45, 2.75) is 277 Å². The summed E-state index contributed by atoms with van der Waals surface area (Å²) in [5.74, 6) is -0.965. The molecule has 0 rings (SSSR count). The summed E-state index contributed by atoms with van der Waals surface area (Å²) >= 11 is 0. The van der Waals surface area contributed by atoms with E-state index in [2.05, 4.69) is 167 Å². The number of esters is 3. The van der Waals surface area contributed by atoms with E-state index in [0.717, 1.165) is 148 Å². The Kier molecular flexibility index (Phi) is 60.9. The summed E-state index contributed by atoms with van der Waals surface area (Å²) < 4.78 is 16.9. The van der Waals surface area contributed by atoms with Crippen molar-refractivity contribution in [2.24, 2.45) is 0 Å². The van der Waals surface area contributed by atoms with Crippen LogP contribution in [0, 0.1) is 0 Å². The Morgan fingerprint density at radius 3 is 0.808 bits per heavy atom. The van der Waals surface area contributed by atoms with Gasteiger partial charge in [0.1, 0.15) is 13.2 Å². The van der Waals surface area contributed by atoms with E-state index in [1.807, 2.05) is 0 Å². The fourth-order valence-corrected chi connectivity index (χ4v) is 8.35. The second kappa shape index (κ2) is 64.8. The van der Waals surface area contributed by atoms with Crippen molar-refractivity contribution >= 4 is 17.9 Å². The molecule has 0 aliphatic rings. The first-order valence-corrected chi connectivity index (χ1v) is 31.8. The second-order valence-electron chi connectivity index (χ2n) is 20.5. The smallest absolute Gasteiger partial charge is 0.306 e. The van der Waals surface area contributed by atoms with Gasteiger partial charge in [0.05, 0.1) is 0 Å². The van der Waals surface area contributed by atoms with E-state index in [-0.39, 0.29) is 31.1 Å². The van der Waals surface area contributed by atoms with Gasteiger partial charge >= 0.3 is 17.9 Å². The molecule has 0 aromatic rings. The number of allylic oxidation sites excluding steroid dienone is 24. The van der Waals surface area contributed by atoms with Crippen LogP contribution in [0.25, 0.3) is 0 Å². The Labute approximate surface area is 480 Å². The van der Waals surface area contributed by atoms with Crippen LogP contribution in [0.5, 0.6) is 0 Å². The van der Waals surface area contributed by atoms with Gasteiger partial charge in [-0.15, -0.1) is 0 Å². The lowest BCUT2D eigenvalue weighted by molar-refractivity contribution is -0.167.